The summed E-state index contributed by atoms with van der Waals surface area (Å²) in [5.41, 5.74) is 2.06. The highest BCUT2D eigenvalue weighted by Gasteiger charge is 2.27. The summed E-state index contributed by atoms with van der Waals surface area (Å²) in [4.78, 5) is 17.5. The van der Waals surface area contributed by atoms with Crippen LogP contribution in [0.2, 0.25) is 0 Å². The molecule has 28 heavy (non-hydrogen) atoms. The van der Waals surface area contributed by atoms with Gasteiger partial charge in [-0.2, -0.15) is 0 Å². The zero-order valence-electron chi connectivity index (χ0n) is 17.2. The van der Waals surface area contributed by atoms with E-state index < -0.39 is 0 Å². The maximum Gasteiger partial charge on any atom is 0.254 e. The summed E-state index contributed by atoms with van der Waals surface area (Å²) in [5.74, 6) is 0.167. The van der Waals surface area contributed by atoms with Crippen LogP contribution in [0.15, 0.2) is 24.3 Å². The molecule has 0 saturated carbocycles. The second kappa shape index (κ2) is 12.0. The molecule has 3 atom stereocenters. The molecule has 2 aliphatic heterocycles. The molecule has 5 nitrogen and oxygen atoms in total. The number of hydrogen-bond acceptors (Lipinski definition) is 4. The zero-order valence-corrected chi connectivity index (χ0v) is 18.9. The lowest BCUT2D eigenvalue weighted by Gasteiger charge is -2.35. The Morgan fingerprint density at radius 3 is 2.36 bits per heavy atom. The number of rotatable bonds is 6. The predicted octanol–water partition coefficient (Wildman–Crippen LogP) is 3.35. The molecular weight excluding hydrogens is 397 g/mol. The van der Waals surface area contributed by atoms with Gasteiger partial charge in [-0.25, -0.2) is 0 Å². The molecule has 3 rings (SSSR count). The van der Waals surface area contributed by atoms with Gasteiger partial charge in [-0.3, -0.25) is 9.69 Å². The maximum absolute atomic E-state index is 13.0. The van der Waals surface area contributed by atoms with E-state index in [9.17, 15) is 4.79 Å². The van der Waals surface area contributed by atoms with E-state index in [2.05, 4.69) is 48.0 Å². The molecule has 0 spiro atoms. The summed E-state index contributed by atoms with van der Waals surface area (Å²) in [6, 6.07) is 8.54. The standard InChI is InChI=1S/C21H33N3O2.2ClH/c1-4-11-24(20-9-10-22-12-20)21(25)19-7-5-18(6-8-19)15-23-13-16(2)26-17(3)14-23;;/h5-8,16-17,20,22H,4,9-15H2,1-3H3;2*1H. The van der Waals surface area contributed by atoms with Gasteiger partial charge in [-0.15, -0.1) is 24.8 Å². The van der Waals surface area contributed by atoms with Crippen LogP contribution in [0.3, 0.4) is 0 Å². The van der Waals surface area contributed by atoms with Gasteiger partial charge in [0, 0.05) is 44.3 Å². The van der Waals surface area contributed by atoms with Crippen LogP contribution < -0.4 is 5.32 Å². The number of nitrogens with one attached hydrogen (secondary N) is 1. The number of amides is 1. The van der Waals surface area contributed by atoms with Gasteiger partial charge < -0.3 is 15.0 Å². The molecule has 2 heterocycles. The van der Waals surface area contributed by atoms with E-state index in [1.54, 1.807) is 0 Å². The Hall–Kier alpha value is -0.850. The lowest BCUT2D eigenvalue weighted by molar-refractivity contribution is -0.0704. The van der Waals surface area contributed by atoms with Gasteiger partial charge in [-0.1, -0.05) is 19.1 Å². The molecule has 1 N–H and O–H groups in total. The van der Waals surface area contributed by atoms with E-state index >= 15 is 0 Å². The molecule has 2 fully saturated rings. The van der Waals surface area contributed by atoms with E-state index in [4.69, 9.17) is 4.74 Å². The third kappa shape index (κ3) is 6.60. The van der Waals surface area contributed by atoms with Crippen LogP contribution >= 0.6 is 24.8 Å². The maximum atomic E-state index is 13.0. The Labute approximate surface area is 182 Å². The Bertz CT molecular complexity index is 584. The van der Waals surface area contributed by atoms with E-state index in [-0.39, 0.29) is 42.9 Å². The molecule has 160 valence electrons. The lowest BCUT2D eigenvalue weighted by atomic mass is 10.1. The van der Waals surface area contributed by atoms with Crippen molar-refractivity contribution < 1.29 is 9.53 Å². The second-order valence-electron chi connectivity index (χ2n) is 7.79. The molecule has 0 bridgehead atoms. The Morgan fingerprint density at radius 1 is 1.18 bits per heavy atom. The minimum absolute atomic E-state index is 0. The highest BCUT2D eigenvalue weighted by molar-refractivity contribution is 5.94. The zero-order chi connectivity index (χ0) is 18.5. The first-order valence-electron chi connectivity index (χ1n) is 10.0. The normalized spacial score (nSPS) is 24.9. The SMILES string of the molecule is CCCN(C(=O)c1ccc(CN2CC(C)OC(C)C2)cc1)C1CCNC1.Cl.Cl. The van der Waals surface area contributed by atoms with Gasteiger partial charge in [0.05, 0.1) is 12.2 Å². The van der Waals surface area contributed by atoms with Crippen molar-refractivity contribution in [3.05, 3.63) is 35.4 Å². The molecule has 0 aromatic heterocycles. The Morgan fingerprint density at radius 2 is 1.82 bits per heavy atom. The van der Waals surface area contributed by atoms with Crippen LogP contribution in [-0.4, -0.2) is 66.7 Å². The van der Waals surface area contributed by atoms with Crippen molar-refractivity contribution in [3.8, 4) is 0 Å². The first kappa shape index (κ1) is 25.2. The molecule has 0 radical (unpaired) electrons. The van der Waals surface area contributed by atoms with E-state index in [0.29, 0.717) is 6.04 Å². The number of ether oxygens (including phenoxy) is 1. The molecular formula is C21H35Cl2N3O2. The fourth-order valence-electron chi connectivity index (χ4n) is 4.19. The number of carbonyl (C=O) groups excluding carboxylic acids is 1. The summed E-state index contributed by atoms with van der Waals surface area (Å²) in [6.07, 6.45) is 2.61. The summed E-state index contributed by atoms with van der Waals surface area (Å²) in [7, 11) is 0. The van der Waals surface area contributed by atoms with E-state index in [0.717, 1.165) is 57.7 Å². The van der Waals surface area contributed by atoms with Crippen LogP contribution in [0.1, 0.15) is 49.5 Å². The number of halogens is 2. The molecule has 2 saturated heterocycles. The van der Waals surface area contributed by atoms with Crippen LogP contribution in [-0.2, 0) is 11.3 Å². The number of morpholine rings is 1. The van der Waals surface area contributed by atoms with Crippen LogP contribution in [0.4, 0.5) is 0 Å². The molecule has 1 aromatic rings. The van der Waals surface area contributed by atoms with Crippen molar-refractivity contribution in [2.24, 2.45) is 0 Å². The second-order valence-corrected chi connectivity index (χ2v) is 7.79. The van der Waals surface area contributed by atoms with Gasteiger partial charge in [0.1, 0.15) is 0 Å². The van der Waals surface area contributed by atoms with E-state index in [1.165, 1.54) is 5.56 Å². The monoisotopic (exact) mass is 431 g/mol. The molecule has 2 aliphatic rings. The third-order valence-electron chi connectivity index (χ3n) is 5.30. The number of carbonyl (C=O) groups is 1. The van der Waals surface area contributed by atoms with Gasteiger partial charge >= 0.3 is 0 Å². The number of hydrogen-bond donors (Lipinski definition) is 1. The fraction of sp³-hybridized carbons (Fsp3) is 0.667. The first-order valence-corrected chi connectivity index (χ1v) is 10.0. The highest BCUT2D eigenvalue weighted by Crippen LogP contribution is 2.17. The van der Waals surface area contributed by atoms with Crippen LogP contribution in [0.25, 0.3) is 0 Å². The summed E-state index contributed by atoms with van der Waals surface area (Å²) >= 11 is 0. The Balaban J connectivity index is 0.00000196. The fourth-order valence-corrected chi connectivity index (χ4v) is 4.19. The largest absolute Gasteiger partial charge is 0.373 e. The topological polar surface area (TPSA) is 44.8 Å². The molecule has 3 unspecified atom stereocenters. The quantitative estimate of drug-likeness (QED) is 0.749. The van der Waals surface area contributed by atoms with Crippen molar-refractivity contribution in [3.63, 3.8) is 0 Å². The molecule has 1 aromatic carbocycles. The van der Waals surface area contributed by atoms with Crippen LogP contribution in [0.5, 0.6) is 0 Å². The minimum atomic E-state index is 0. The minimum Gasteiger partial charge on any atom is -0.373 e. The number of nitrogens with zero attached hydrogens (tertiary/aromatic N) is 2. The third-order valence-corrected chi connectivity index (χ3v) is 5.30. The number of benzene rings is 1. The lowest BCUT2D eigenvalue weighted by Crippen LogP contribution is -2.44. The van der Waals surface area contributed by atoms with Crippen molar-refractivity contribution in [2.45, 2.75) is 58.4 Å². The average molecular weight is 432 g/mol. The summed E-state index contributed by atoms with van der Waals surface area (Å²) < 4.78 is 5.81. The predicted molar refractivity (Wildman–Crippen MR) is 119 cm³/mol. The first-order chi connectivity index (χ1) is 12.6. The van der Waals surface area contributed by atoms with Gasteiger partial charge in [0.15, 0.2) is 0 Å². The van der Waals surface area contributed by atoms with Gasteiger partial charge in [0.25, 0.3) is 5.91 Å². The van der Waals surface area contributed by atoms with Crippen LogP contribution in [0, 0.1) is 0 Å². The smallest absolute Gasteiger partial charge is 0.254 e. The van der Waals surface area contributed by atoms with Gasteiger partial charge in [0.2, 0.25) is 0 Å². The van der Waals surface area contributed by atoms with Crippen molar-refractivity contribution in [2.75, 3.05) is 32.7 Å². The molecule has 1 amide bonds. The summed E-state index contributed by atoms with van der Waals surface area (Å²) in [6.45, 7) is 12.0. The van der Waals surface area contributed by atoms with Crippen molar-refractivity contribution in [1.82, 2.24) is 15.1 Å². The average Bonchev–Trinajstić information content (AvgIpc) is 3.13. The van der Waals surface area contributed by atoms with E-state index in [1.807, 2.05) is 12.1 Å². The summed E-state index contributed by atoms with van der Waals surface area (Å²) in [5, 5.41) is 3.37. The molecule has 0 aliphatic carbocycles. The highest BCUT2D eigenvalue weighted by atomic mass is 35.5. The van der Waals surface area contributed by atoms with Gasteiger partial charge in [-0.05, 0) is 50.9 Å². The molecule has 7 heteroatoms. The van der Waals surface area contributed by atoms with Crippen molar-refractivity contribution >= 4 is 30.7 Å². The Kier molecular flexibility index (Phi) is 10.8. The van der Waals surface area contributed by atoms with Crippen molar-refractivity contribution in [1.29, 1.82) is 0 Å².